The van der Waals surface area contributed by atoms with Gasteiger partial charge in [0.25, 0.3) is 0 Å². The van der Waals surface area contributed by atoms with Crippen molar-refractivity contribution in [1.82, 2.24) is 0 Å². The van der Waals surface area contributed by atoms with Crippen LogP contribution in [0.5, 0.6) is 0 Å². The molecule has 0 aliphatic heterocycles. The topological polar surface area (TPSA) is 55.8 Å². The van der Waals surface area contributed by atoms with Gasteiger partial charge in [0, 0.05) is 3.57 Å². The summed E-state index contributed by atoms with van der Waals surface area (Å²) in [6.07, 6.45) is 18.7. The summed E-state index contributed by atoms with van der Waals surface area (Å²) in [5, 5.41) is 0. The minimum absolute atomic E-state index is 0.288. The number of aryl methyl sites for hydroxylation is 1. The first-order chi connectivity index (χ1) is 22.4. The van der Waals surface area contributed by atoms with Crippen LogP contribution in [0.15, 0.2) is 24.3 Å². The quantitative estimate of drug-likeness (QED) is 0.0525. The fourth-order valence-electron chi connectivity index (χ4n) is 3.91. The molecule has 0 aliphatic rings. The van der Waals surface area contributed by atoms with E-state index in [1.807, 2.05) is 0 Å². The molecule has 0 saturated heterocycles. The first-order valence-electron chi connectivity index (χ1n) is 19.7. The Morgan fingerprint density at radius 2 is 1.22 bits per heavy atom. The van der Waals surface area contributed by atoms with Crippen molar-refractivity contribution in [2.24, 2.45) is 0 Å². The molecule has 0 bridgehead atoms. The van der Waals surface area contributed by atoms with E-state index < -0.39 is 46.3 Å². The molecule has 0 radical (unpaired) electrons. The van der Waals surface area contributed by atoms with Gasteiger partial charge in [0.15, 0.2) is 0 Å². The van der Waals surface area contributed by atoms with Crippen molar-refractivity contribution in [3.63, 3.8) is 0 Å². The van der Waals surface area contributed by atoms with Crippen molar-refractivity contribution in [2.75, 3.05) is 40.6 Å². The van der Waals surface area contributed by atoms with Gasteiger partial charge in [-0.3, -0.25) is 9.05 Å². The van der Waals surface area contributed by atoms with Crippen LogP contribution in [-0.2, 0) is 20.0 Å². The van der Waals surface area contributed by atoms with E-state index in [0.717, 1.165) is 32.1 Å². The van der Waals surface area contributed by atoms with E-state index in [9.17, 15) is 9.46 Å². The van der Waals surface area contributed by atoms with Crippen LogP contribution in [0.4, 0.5) is 0 Å². The molecule has 0 saturated carbocycles. The second kappa shape index (κ2) is 20.9. The summed E-state index contributed by atoms with van der Waals surface area (Å²) in [7, 11) is -5.42. The maximum atomic E-state index is 12.5. The number of hydrogen-bond acceptors (Lipinski definition) is 3. The zero-order chi connectivity index (χ0) is 37.6. The Hall–Kier alpha value is 0.0200. The average Bonchev–Trinajstić information content (AvgIpc) is 2.92. The molecule has 0 fully saturated rings. The highest BCUT2D eigenvalue weighted by Gasteiger charge is 2.21. The zero-order valence-electron chi connectivity index (χ0n) is 34.5. The van der Waals surface area contributed by atoms with Crippen LogP contribution >= 0.6 is 30.4 Å². The predicted octanol–water partition coefficient (Wildman–Crippen LogP) is 8.92. The molecule has 1 N–H and O–H groups in total. The van der Waals surface area contributed by atoms with Crippen LogP contribution in [0.2, 0.25) is 0 Å². The Morgan fingerprint density at radius 3 is 1.69 bits per heavy atom. The second-order valence-electron chi connectivity index (χ2n) is 9.31. The maximum Gasteiger partial charge on any atom is 0.472 e. The van der Waals surface area contributed by atoms with Crippen LogP contribution in [0.3, 0.4) is 0 Å². The third-order valence-electron chi connectivity index (χ3n) is 5.90. The number of nitrogens with zero attached hydrogens (tertiary/aromatic N) is 1. The molecule has 0 aliphatic carbocycles. The van der Waals surface area contributed by atoms with Crippen molar-refractivity contribution in [3.8, 4) is 0 Å². The van der Waals surface area contributed by atoms with Gasteiger partial charge in [-0.15, -0.1) is 0 Å². The van der Waals surface area contributed by atoms with Gasteiger partial charge in [-0.1, -0.05) is 102 Å². The molecule has 0 spiro atoms. The SMILES string of the molecule is [2H]C([2H])(OP(=O)(O)OCCCCCCCCCCCCCCCCCCc1ccc(I)cc1)C([2H])([2H])[N+](C([2H])([2H])[2H])(C([2H])([2H])[2H])C([2H])([2H])[2H]. The van der Waals surface area contributed by atoms with E-state index in [0.29, 0.717) is 6.42 Å². The second-order valence-corrected chi connectivity index (χ2v) is 11.9. The summed E-state index contributed by atoms with van der Waals surface area (Å²) in [6.45, 7) is -21.5. The fourth-order valence-corrected chi connectivity index (χ4v) is 4.84. The number of rotatable bonds is 24. The molecule has 7 heteroatoms. The van der Waals surface area contributed by atoms with Crippen molar-refractivity contribution >= 4 is 30.4 Å². The number of halogens is 1. The minimum Gasteiger partial charge on any atom is -0.329 e. The van der Waals surface area contributed by atoms with Gasteiger partial charge in [0.1, 0.15) is 13.1 Å². The Kier molecular flexibility index (Phi) is 10.7. The molecular formula is C29H54INO4P+. The van der Waals surface area contributed by atoms with Gasteiger partial charge in [0.05, 0.1) is 45.4 Å². The van der Waals surface area contributed by atoms with Crippen LogP contribution in [0, 0.1) is 3.57 Å². The highest BCUT2D eigenvalue weighted by molar-refractivity contribution is 14.1. The van der Waals surface area contributed by atoms with Crippen LogP contribution in [0.25, 0.3) is 0 Å². The number of hydrogen-bond donors (Lipinski definition) is 1. The standard InChI is InChI=1S/C29H53INO4P/c1-31(2,3)25-27-35-36(32,33)34-26-19-17-15-13-11-9-7-5-4-6-8-10-12-14-16-18-20-28-21-23-29(30)24-22-28/h21-24H,4-20,25-27H2,1-3H3/p+1/i1D3,2D3,3D3,25D2,27D2. The van der Waals surface area contributed by atoms with Gasteiger partial charge >= 0.3 is 7.82 Å². The van der Waals surface area contributed by atoms with Crippen molar-refractivity contribution in [3.05, 3.63) is 33.4 Å². The van der Waals surface area contributed by atoms with Gasteiger partial charge in [0.2, 0.25) is 0 Å². The molecular weight excluding hydrogens is 584 g/mol. The number of phosphoric ester groups is 1. The third-order valence-corrected chi connectivity index (χ3v) is 7.45. The Morgan fingerprint density at radius 1 is 0.778 bits per heavy atom. The molecule has 0 heterocycles. The lowest BCUT2D eigenvalue weighted by molar-refractivity contribution is -0.870. The Labute approximate surface area is 254 Å². The first-order valence-corrected chi connectivity index (χ1v) is 15.8. The fraction of sp³-hybridized carbons (Fsp3) is 0.793. The molecule has 5 nitrogen and oxygen atoms in total. The molecule has 1 aromatic rings. The predicted molar refractivity (Wildman–Crippen MR) is 161 cm³/mol. The number of phosphoric acid groups is 1. The number of benzene rings is 1. The lowest BCUT2D eigenvalue weighted by Gasteiger charge is -2.24. The average molecular weight is 652 g/mol. The lowest BCUT2D eigenvalue weighted by Crippen LogP contribution is -2.37. The van der Waals surface area contributed by atoms with Gasteiger partial charge in [-0.05, 0) is 59.5 Å². The van der Waals surface area contributed by atoms with Crippen molar-refractivity contribution < 1.29 is 40.8 Å². The normalized spacial score (nSPS) is 20.9. The molecule has 1 atom stereocenters. The van der Waals surface area contributed by atoms with Gasteiger partial charge in [-0.2, -0.15) is 0 Å². The molecule has 210 valence electrons. The third kappa shape index (κ3) is 22.0. The zero-order valence-corrected chi connectivity index (χ0v) is 24.5. The molecule has 1 unspecified atom stereocenters. The summed E-state index contributed by atoms with van der Waals surface area (Å²) in [4.78, 5) is 10.0. The summed E-state index contributed by atoms with van der Waals surface area (Å²) in [5.41, 5.74) is 1.42. The van der Waals surface area contributed by atoms with Gasteiger partial charge < -0.3 is 9.38 Å². The highest BCUT2D eigenvalue weighted by Crippen LogP contribution is 2.43. The Bertz CT molecular complexity index is 1100. The van der Waals surface area contributed by atoms with Crippen molar-refractivity contribution in [2.45, 2.75) is 109 Å². The van der Waals surface area contributed by atoms with E-state index in [1.54, 1.807) is 0 Å². The largest absolute Gasteiger partial charge is 0.472 e. The van der Waals surface area contributed by atoms with Crippen LogP contribution in [-0.4, -0.2) is 50.0 Å². The monoisotopic (exact) mass is 651 g/mol. The lowest BCUT2D eigenvalue weighted by atomic mass is 10.0. The van der Waals surface area contributed by atoms with E-state index in [-0.39, 0.29) is 13.0 Å². The summed E-state index contributed by atoms with van der Waals surface area (Å²) in [6, 6.07) is 8.76. The molecule has 1 aromatic carbocycles. The highest BCUT2D eigenvalue weighted by atomic mass is 127. The van der Waals surface area contributed by atoms with Gasteiger partial charge in [-0.25, -0.2) is 4.57 Å². The summed E-state index contributed by atoms with van der Waals surface area (Å²) in [5.74, 6) is 0. The maximum absolute atomic E-state index is 12.5. The van der Waals surface area contributed by atoms with E-state index in [1.165, 1.54) is 73.3 Å². The van der Waals surface area contributed by atoms with Crippen LogP contribution in [0.1, 0.15) is 126 Å². The smallest absolute Gasteiger partial charge is 0.329 e. The molecule has 36 heavy (non-hydrogen) atoms. The summed E-state index contributed by atoms with van der Waals surface area (Å²) < 4.78 is 120. The molecule has 0 amide bonds. The number of quaternary nitrogens is 1. The molecule has 0 aromatic heterocycles. The first kappa shape index (κ1) is 18.4. The van der Waals surface area contributed by atoms with E-state index in [4.69, 9.17) is 22.3 Å². The molecule has 1 rings (SSSR count). The number of unbranched alkanes of at least 4 members (excludes halogenated alkanes) is 15. The summed E-state index contributed by atoms with van der Waals surface area (Å²) >= 11 is 2.33. The minimum atomic E-state index is -5.42. The van der Waals surface area contributed by atoms with E-state index >= 15 is 0 Å². The van der Waals surface area contributed by atoms with E-state index in [2.05, 4.69) is 51.4 Å². The van der Waals surface area contributed by atoms with Crippen molar-refractivity contribution in [1.29, 1.82) is 0 Å². The number of likely N-dealkylation sites (N-methyl/N-ethyl adjacent to an activating group) is 1. The van der Waals surface area contributed by atoms with Crippen LogP contribution < -0.4 is 0 Å². The Balaban J connectivity index is 2.24.